The molecule has 1 amide bonds. The minimum atomic E-state index is -0.301. The number of nitrogens with zero attached hydrogens (tertiary/aromatic N) is 4. The summed E-state index contributed by atoms with van der Waals surface area (Å²) in [7, 11) is 1.72. The van der Waals surface area contributed by atoms with Crippen LogP contribution in [-0.4, -0.2) is 71.2 Å². The average Bonchev–Trinajstić information content (AvgIpc) is 3.27. The maximum Gasteiger partial charge on any atom is 0.243 e. The van der Waals surface area contributed by atoms with Crippen LogP contribution in [0.1, 0.15) is 62.5 Å². The molecule has 2 heterocycles. The molecule has 2 atom stereocenters. The van der Waals surface area contributed by atoms with E-state index in [1.807, 2.05) is 19.9 Å². The Labute approximate surface area is 208 Å². The number of phenols is 1. The van der Waals surface area contributed by atoms with Gasteiger partial charge in [-0.25, -0.2) is 0 Å². The number of ether oxygens (including phenoxy) is 1. The van der Waals surface area contributed by atoms with Gasteiger partial charge in [-0.2, -0.15) is 5.10 Å². The molecule has 2 aromatic rings. The molecule has 1 aromatic heterocycles. The summed E-state index contributed by atoms with van der Waals surface area (Å²) in [4.78, 5) is 22.0. The number of anilines is 1. The van der Waals surface area contributed by atoms with Gasteiger partial charge in [0.2, 0.25) is 5.91 Å². The van der Waals surface area contributed by atoms with E-state index in [-0.39, 0.29) is 17.7 Å². The highest BCUT2D eigenvalue weighted by molar-refractivity contribution is 6.03. The molecule has 190 valence electrons. The molecule has 0 saturated carbocycles. The van der Waals surface area contributed by atoms with E-state index in [4.69, 9.17) is 9.73 Å². The Hall–Kier alpha value is -2.71. The number of aryl methyl sites for hydroxylation is 2. The lowest BCUT2D eigenvalue weighted by atomic mass is 9.86. The molecule has 0 spiro atoms. The topological polar surface area (TPSA) is 94.1 Å². The van der Waals surface area contributed by atoms with Crippen molar-refractivity contribution in [1.82, 2.24) is 15.1 Å². The molecule has 1 aliphatic carbocycles. The fourth-order valence-corrected chi connectivity index (χ4v) is 5.10. The van der Waals surface area contributed by atoms with Crippen LogP contribution in [0, 0.1) is 12.8 Å². The predicted molar refractivity (Wildman–Crippen MR) is 139 cm³/mol. The van der Waals surface area contributed by atoms with E-state index in [9.17, 15) is 9.90 Å². The number of fused-ring (bicyclic) bond motifs is 1. The number of carbonyl (C=O) groups is 1. The number of hydrogen-bond acceptors (Lipinski definition) is 6. The molecule has 0 radical (unpaired) electrons. The summed E-state index contributed by atoms with van der Waals surface area (Å²) in [6.45, 7) is 11.0. The molecule has 2 aliphatic rings. The van der Waals surface area contributed by atoms with Gasteiger partial charge < -0.3 is 14.7 Å². The second-order valence-electron chi connectivity index (χ2n) is 10.0. The van der Waals surface area contributed by atoms with Crippen LogP contribution < -0.4 is 4.90 Å². The van der Waals surface area contributed by atoms with Crippen LogP contribution >= 0.6 is 0 Å². The fraction of sp³-hybridized carbons (Fsp3) is 0.593. The van der Waals surface area contributed by atoms with Gasteiger partial charge in [0.1, 0.15) is 11.4 Å². The molecule has 1 fully saturated rings. The molecule has 8 nitrogen and oxygen atoms in total. The van der Waals surface area contributed by atoms with Crippen molar-refractivity contribution >= 4 is 23.0 Å². The number of aromatic amines is 1. The molecule has 1 aromatic carbocycles. The molecule has 8 heteroatoms. The molecule has 2 N–H and O–H groups in total. The molecular weight excluding hydrogens is 442 g/mol. The first-order valence-electron chi connectivity index (χ1n) is 12.9. The largest absolute Gasteiger partial charge is 0.506 e. The van der Waals surface area contributed by atoms with Crippen LogP contribution in [0.2, 0.25) is 0 Å². The van der Waals surface area contributed by atoms with Gasteiger partial charge >= 0.3 is 0 Å². The van der Waals surface area contributed by atoms with Crippen molar-refractivity contribution in [3.63, 3.8) is 0 Å². The lowest BCUT2D eigenvalue weighted by Gasteiger charge is -2.33. The Bertz CT molecular complexity index is 1090. The maximum absolute atomic E-state index is 13.3. The van der Waals surface area contributed by atoms with Crippen LogP contribution in [0.3, 0.4) is 0 Å². The number of H-pyrrole nitrogens is 1. The van der Waals surface area contributed by atoms with E-state index < -0.39 is 0 Å². The summed E-state index contributed by atoms with van der Waals surface area (Å²) in [5.41, 5.74) is 6.52. The van der Waals surface area contributed by atoms with Gasteiger partial charge in [-0.3, -0.25) is 19.8 Å². The molecule has 35 heavy (non-hydrogen) atoms. The quantitative estimate of drug-likeness (QED) is 0.580. The number of carbonyl (C=O) groups excluding carboxylic acids is 1. The summed E-state index contributed by atoms with van der Waals surface area (Å²) in [5, 5.41) is 18.7. The zero-order valence-electron chi connectivity index (χ0n) is 21.7. The zero-order valence-corrected chi connectivity index (χ0v) is 21.7. The lowest BCUT2D eigenvalue weighted by molar-refractivity contribution is -0.124. The predicted octanol–water partition coefficient (Wildman–Crippen LogP) is 4.15. The lowest BCUT2D eigenvalue weighted by Crippen LogP contribution is -2.50. The molecular formula is C27H39N5O3. The first-order chi connectivity index (χ1) is 16.8. The molecule has 1 aliphatic heterocycles. The van der Waals surface area contributed by atoms with Crippen LogP contribution in [0.5, 0.6) is 5.75 Å². The number of aromatic nitrogens is 2. The Morgan fingerprint density at radius 2 is 2.11 bits per heavy atom. The summed E-state index contributed by atoms with van der Waals surface area (Å²) < 4.78 is 5.42. The van der Waals surface area contributed by atoms with E-state index in [0.29, 0.717) is 24.8 Å². The average molecular weight is 482 g/mol. The normalized spacial score (nSPS) is 19.9. The number of rotatable bonds is 7. The Morgan fingerprint density at radius 3 is 2.83 bits per heavy atom. The van der Waals surface area contributed by atoms with Crippen molar-refractivity contribution in [2.75, 3.05) is 38.3 Å². The van der Waals surface area contributed by atoms with E-state index in [1.54, 1.807) is 18.0 Å². The van der Waals surface area contributed by atoms with E-state index in [1.165, 1.54) is 17.7 Å². The van der Waals surface area contributed by atoms with Crippen molar-refractivity contribution in [3.05, 3.63) is 34.6 Å². The van der Waals surface area contributed by atoms with Gasteiger partial charge in [-0.05, 0) is 63.1 Å². The minimum Gasteiger partial charge on any atom is -0.506 e. The van der Waals surface area contributed by atoms with Gasteiger partial charge in [0.05, 0.1) is 36.3 Å². The van der Waals surface area contributed by atoms with Gasteiger partial charge in [-0.15, -0.1) is 0 Å². The molecule has 4 rings (SSSR count). The Morgan fingerprint density at radius 1 is 1.37 bits per heavy atom. The third kappa shape index (κ3) is 5.43. The summed E-state index contributed by atoms with van der Waals surface area (Å²) in [6, 6.07) is 3.22. The van der Waals surface area contributed by atoms with Gasteiger partial charge in [0.15, 0.2) is 0 Å². The van der Waals surface area contributed by atoms with E-state index in [0.717, 1.165) is 61.4 Å². The van der Waals surface area contributed by atoms with Crippen molar-refractivity contribution in [1.29, 1.82) is 0 Å². The van der Waals surface area contributed by atoms with Crippen molar-refractivity contribution < 1.29 is 14.6 Å². The fourth-order valence-electron chi connectivity index (χ4n) is 5.10. The maximum atomic E-state index is 13.3. The first-order valence-corrected chi connectivity index (χ1v) is 12.9. The third-order valence-corrected chi connectivity index (χ3v) is 7.34. The minimum absolute atomic E-state index is 0.0647. The number of phenolic OH excluding ortho intramolecular Hbond substituents is 1. The number of aliphatic imine (C=N–C) groups is 1. The number of aromatic hydroxyl groups is 1. The summed E-state index contributed by atoms with van der Waals surface area (Å²) in [5.74, 6) is 0.650. The Kier molecular flexibility index (Phi) is 7.91. The van der Waals surface area contributed by atoms with Gasteiger partial charge in [-0.1, -0.05) is 20.3 Å². The number of amides is 1. The van der Waals surface area contributed by atoms with Gasteiger partial charge in [0, 0.05) is 31.4 Å². The van der Waals surface area contributed by atoms with Crippen LogP contribution in [0.15, 0.2) is 17.1 Å². The van der Waals surface area contributed by atoms with E-state index >= 15 is 0 Å². The summed E-state index contributed by atoms with van der Waals surface area (Å²) >= 11 is 0. The number of nitrogens with one attached hydrogen (secondary N) is 1. The highest BCUT2D eigenvalue weighted by atomic mass is 16.5. The van der Waals surface area contributed by atoms with Gasteiger partial charge in [0.25, 0.3) is 0 Å². The zero-order chi connectivity index (χ0) is 25.1. The van der Waals surface area contributed by atoms with Crippen LogP contribution in [-0.2, 0) is 22.4 Å². The molecule has 0 bridgehead atoms. The smallest absolute Gasteiger partial charge is 0.243 e. The molecule has 1 saturated heterocycles. The SMILES string of the molecule is CCCC(=Nc1cc(N(C)C(=O)C(C)N2CCOCC2)c(O)cc1C)c1n[nH]c2c1CC(C)CC2. The summed E-state index contributed by atoms with van der Waals surface area (Å²) in [6.07, 6.45) is 4.98. The third-order valence-electron chi connectivity index (χ3n) is 7.34. The number of benzene rings is 1. The van der Waals surface area contributed by atoms with Crippen LogP contribution in [0.4, 0.5) is 11.4 Å². The monoisotopic (exact) mass is 481 g/mol. The highest BCUT2D eigenvalue weighted by Gasteiger charge is 2.28. The molecule has 2 unspecified atom stereocenters. The van der Waals surface area contributed by atoms with Crippen molar-refractivity contribution in [2.45, 2.75) is 65.8 Å². The Balaban J connectivity index is 1.66. The van der Waals surface area contributed by atoms with Crippen molar-refractivity contribution in [2.24, 2.45) is 10.9 Å². The standard InChI is InChI=1S/C27H39N5O3/c1-6-7-22(26-20-14-17(2)8-9-21(20)29-30-26)28-23-16-24(25(33)15-18(23)3)31(5)27(34)19(4)32-10-12-35-13-11-32/h15-17,19,33H,6-14H2,1-5H3,(H,29,30). The number of likely N-dealkylation sites (N-methyl/N-ethyl adjacent to an activating group) is 1. The second-order valence-corrected chi connectivity index (χ2v) is 10.0. The van der Waals surface area contributed by atoms with Crippen LogP contribution in [0.25, 0.3) is 0 Å². The number of morpholine rings is 1. The van der Waals surface area contributed by atoms with Crippen molar-refractivity contribution in [3.8, 4) is 5.75 Å². The highest BCUT2D eigenvalue weighted by Crippen LogP contribution is 2.36. The second kappa shape index (κ2) is 10.9. The first kappa shape index (κ1) is 25.4. The number of hydrogen-bond donors (Lipinski definition) is 2. The van der Waals surface area contributed by atoms with E-state index in [2.05, 4.69) is 28.9 Å².